The maximum atomic E-state index is 12.8. The fraction of sp³-hybridized carbons (Fsp3) is 0. The van der Waals surface area contributed by atoms with Crippen LogP contribution >= 0.6 is 0 Å². The number of hydrogen-bond acceptors (Lipinski definition) is 4. The topological polar surface area (TPSA) is 74.3 Å². The molecular formula is C31H17O4-. The number of benzene rings is 4. The number of rotatable bonds is 3. The lowest BCUT2D eigenvalue weighted by atomic mass is 10.0. The van der Waals surface area contributed by atoms with Crippen LogP contribution in [0.2, 0.25) is 0 Å². The first kappa shape index (κ1) is 20.8. The van der Waals surface area contributed by atoms with Gasteiger partial charge in [0.15, 0.2) is 17.3 Å². The normalized spacial score (nSPS) is 15.3. The van der Waals surface area contributed by atoms with Gasteiger partial charge in [-0.05, 0) is 57.4 Å². The van der Waals surface area contributed by atoms with Gasteiger partial charge in [0.05, 0.1) is 5.57 Å². The summed E-state index contributed by atoms with van der Waals surface area (Å²) in [5, 5.41) is 16.4. The van der Waals surface area contributed by atoms with E-state index in [9.17, 15) is 19.5 Å². The maximum absolute atomic E-state index is 12.8. The van der Waals surface area contributed by atoms with Gasteiger partial charge in [-0.3, -0.25) is 14.4 Å². The molecule has 0 spiro atoms. The van der Waals surface area contributed by atoms with Crippen LogP contribution in [-0.4, -0.2) is 17.3 Å². The molecule has 4 heteroatoms. The Bertz CT molecular complexity index is 1690. The number of allylic oxidation sites excluding steroid dienone is 7. The molecule has 35 heavy (non-hydrogen) atoms. The molecule has 0 bridgehead atoms. The van der Waals surface area contributed by atoms with Crippen molar-refractivity contribution < 1.29 is 19.5 Å². The van der Waals surface area contributed by atoms with Gasteiger partial charge in [-0.25, -0.2) is 0 Å². The van der Waals surface area contributed by atoms with E-state index in [2.05, 4.69) is 0 Å². The summed E-state index contributed by atoms with van der Waals surface area (Å²) >= 11 is 0. The number of Topliss-reactive ketones (excluding diaryl/α,β-unsaturated/α-hetero) is 3. The van der Waals surface area contributed by atoms with E-state index < -0.39 is 0 Å². The summed E-state index contributed by atoms with van der Waals surface area (Å²) in [4.78, 5) is 38.4. The van der Waals surface area contributed by atoms with Crippen molar-refractivity contribution in [1.29, 1.82) is 0 Å². The van der Waals surface area contributed by atoms with Crippen molar-refractivity contribution in [3.05, 3.63) is 137 Å². The van der Waals surface area contributed by atoms with E-state index in [0.717, 1.165) is 21.5 Å². The zero-order valence-electron chi connectivity index (χ0n) is 18.4. The summed E-state index contributed by atoms with van der Waals surface area (Å²) in [5.74, 6) is -1.21. The molecule has 0 heterocycles. The molecule has 0 N–H and O–H groups in total. The molecule has 166 valence electrons. The average molecular weight is 453 g/mol. The average Bonchev–Trinajstić information content (AvgIpc) is 3.25. The lowest BCUT2D eigenvalue weighted by Gasteiger charge is -2.10. The molecule has 2 aliphatic carbocycles. The van der Waals surface area contributed by atoms with Crippen LogP contribution in [-0.2, 0) is 0 Å². The molecule has 0 saturated heterocycles. The van der Waals surface area contributed by atoms with E-state index in [1.54, 1.807) is 42.5 Å². The minimum atomic E-state index is -0.303. The van der Waals surface area contributed by atoms with Crippen molar-refractivity contribution in [2.24, 2.45) is 0 Å². The van der Waals surface area contributed by atoms with Gasteiger partial charge in [0.25, 0.3) is 0 Å². The van der Waals surface area contributed by atoms with Crippen molar-refractivity contribution in [2.45, 2.75) is 0 Å². The van der Waals surface area contributed by atoms with Gasteiger partial charge < -0.3 is 5.11 Å². The Morgan fingerprint density at radius 1 is 0.543 bits per heavy atom. The predicted octanol–water partition coefficient (Wildman–Crippen LogP) is 5.38. The number of fused-ring (bicyclic) bond motifs is 4. The van der Waals surface area contributed by atoms with Crippen LogP contribution in [0.4, 0.5) is 0 Å². The lowest BCUT2D eigenvalue weighted by molar-refractivity contribution is -0.244. The van der Waals surface area contributed by atoms with Crippen molar-refractivity contribution in [2.75, 3.05) is 0 Å². The highest BCUT2D eigenvalue weighted by Gasteiger charge is 2.32. The third kappa shape index (κ3) is 3.27. The van der Waals surface area contributed by atoms with Gasteiger partial charge in [-0.15, -0.1) is 0 Å². The third-order valence-corrected chi connectivity index (χ3v) is 6.48. The molecule has 0 amide bonds. The zero-order valence-corrected chi connectivity index (χ0v) is 18.4. The Balaban J connectivity index is 1.25. The molecule has 0 fully saturated rings. The second-order valence-corrected chi connectivity index (χ2v) is 8.54. The molecule has 0 aromatic heterocycles. The highest BCUT2D eigenvalue weighted by Crippen LogP contribution is 2.33. The Morgan fingerprint density at radius 2 is 1.00 bits per heavy atom. The summed E-state index contributed by atoms with van der Waals surface area (Å²) < 4.78 is 0. The highest BCUT2D eigenvalue weighted by atomic mass is 16.3. The fourth-order valence-electron chi connectivity index (χ4n) is 4.69. The van der Waals surface area contributed by atoms with Crippen LogP contribution in [0.1, 0.15) is 36.6 Å². The van der Waals surface area contributed by atoms with Gasteiger partial charge >= 0.3 is 0 Å². The second-order valence-electron chi connectivity index (χ2n) is 8.54. The summed E-state index contributed by atoms with van der Waals surface area (Å²) in [6.07, 6.45) is 7.69. The molecule has 0 atom stereocenters. The van der Waals surface area contributed by atoms with Crippen LogP contribution in [0.3, 0.4) is 0 Å². The van der Waals surface area contributed by atoms with E-state index in [0.29, 0.717) is 22.3 Å². The first-order chi connectivity index (χ1) is 17.0. The van der Waals surface area contributed by atoms with Crippen molar-refractivity contribution in [1.82, 2.24) is 0 Å². The molecule has 0 radical (unpaired) electrons. The van der Waals surface area contributed by atoms with Crippen molar-refractivity contribution in [3.63, 3.8) is 0 Å². The fourth-order valence-corrected chi connectivity index (χ4v) is 4.69. The van der Waals surface area contributed by atoms with Crippen LogP contribution < -0.4 is 5.11 Å². The lowest BCUT2D eigenvalue weighted by Crippen LogP contribution is -2.02. The van der Waals surface area contributed by atoms with Gasteiger partial charge in [0, 0.05) is 22.3 Å². The Labute approximate surface area is 200 Å². The second kappa shape index (κ2) is 7.89. The molecule has 6 rings (SSSR count). The number of ketones is 3. The summed E-state index contributed by atoms with van der Waals surface area (Å²) in [6.45, 7) is 0. The smallest absolute Gasteiger partial charge is 0.197 e. The predicted molar refractivity (Wildman–Crippen MR) is 134 cm³/mol. The molecule has 0 saturated carbocycles. The first-order valence-electron chi connectivity index (χ1n) is 11.2. The SMILES string of the molecule is O=C1C(=C/C=C/C=C/C2=C([O-])c3cc4ccccc4cc3C2=O)C(=O)c2cc3ccccc3cc21. The molecule has 4 aromatic rings. The number of carbonyl (C=O) groups is 3. The molecule has 0 unspecified atom stereocenters. The summed E-state index contributed by atoms with van der Waals surface area (Å²) in [7, 11) is 0. The molecule has 2 aliphatic rings. The van der Waals surface area contributed by atoms with Crippen molar-refractivity contribution >= 4 is 44.7 Å². The van der Waals surface area contributed by atoms with E-state index in [4.69, 9.17) is 0 Å². The monoisotopic (exact) mass is 453 g/mol. The molecule has 4 aromatic carbocycles. The Morgan fingerprint density at radius 3 is 1.51 bits per heavy atom. The van der Waals surface area contributed by atoms with Crippen LogP contribution in [0.5, 0.6) is 0 Å². The largest absolute Gasteiger partial charge is 0.872 e. The Kier molecular flexibility index (Phi) is 4.68. The molecule has 4 nitrogen and oxygen atoms in total. The minimum Gasteiger partial charge on any atom is -0.872 e. The van der Waals surface area contributed by atoms with E-state index >= 15 is 0 Å². The Hall–Kier alpha value is -4.83. The van der Waals surface area contributed by atoms with E-state index in [-0.39, 0.29) is 34.3 Å². The highest BCUT2D eigenvalue weighted by molar-refractivity contribution is 6.40. The standard InChI is InChI=1S/C31H18O4/c32-28-22(29(33)25-15-19-9-5-4-8-18(19)14-24(25)28)12-2-1-3-13-23-30(34)26-16-20-10-6-7-11-21(20)17-27(26)31(23)35/h1-17,32H/p-1/b3-1+,12-2+. The van der Waals surface area contributed by atoms with Gasteiger partial charge in [-0.1, -0.05) is 78.6 Å². The van der Waals surface area contributed by atoms with E-state index in [1.807, 2.05) is 48.5 Å². The number of hydrogen-bond donors (Lipinski definition) is 0. The van der Waals surface area contributed by atoms with Gasteiger partial charge in [0.1, 0.15) is 0 Å². The third-order valence-electron chi connectivity index (χ3n) is 6.48. The zero-order chi connectivity index (χ0) is 24.1. The van der Waals surface area contributed by atoms with Gasteiger partial charge in [-0.2, -0.15) is 0 Å². The van der Waals surface area contributed by atoms with Crippen molar-refractivity contribution in [3.8, 4) is 0 Å². The number of carbonyl (C=O) groups excluding carboxylic acids is 3. The molecular weight excluding hydrogens is 436 g/mol. The summed E-state index contributed by atoms with van der Waals surface area (Å²) in [5.41, 5.74) is 1.83. The molecule has 0 aliphatic heterocycles. The van der Waals surface area contributed by atoms with Crippen LogP contribution in [0, 0.1) is 0 Å². The van der Waals surface area contributed by atoms with Gasteiger partial charge in [0.2, 0.25) is 0 Å². The van der Waals surface area contributed by atoms with E-state index in [1.165, 1.54) is 12.2 Å². The minimum absolute atomic E-state index is 0.0970. The van der Waals surface area contributed by atoms with Crippen LogP contribution in [0.25, 0.3) is 27.3 Å². The maximum Gasteiger partial charge on any atom is 0.197 e. The quantitative estimate of drug-likeness (QED) is 0.237. The summed E-state index contributed by atoms with van der Waals surface area (Å²) in [6, 6.07) is 22.2. The first-order valence-corrected chi connectivity index (χ1v) is 11.2. The van der Waals surface area contributed by atoms with Crippen LogP contribution in [0.15, 0.2) is 114 Å².